The summed E-state index contributed by atoms with van der Waals surface area (Å²) < 4.78 is 13.6. The molecule has 5 nitrogen and oxygen atoms in total. The van der Waals surface area contributed by atoms with Gasteiger partial charge in [-0.1, -0.05) is 6.07 Å². The quantitative estimate of drug-likeness (QED) is 0.868. The number of carbonyl (C=O) groups is 2. The van der Waals surface area contributed by atoms with Gasteiger partial charge in [0.25, 0.3) is 0 Å². The van der Waals surface area contributed by atoms with Gasteiger partial charge in [0.05, 0.1) is 17.2 Å². The number of nitrogens with one attached hydrogen (secondary N) is 1. The maximum Gasteiger partial charge on any atom is 0.337 e. The van der Waals surface area contributed by atoms with Crippen molar-refractivity contribution >= 4 is 17.6 Å². The highest BCUT2D eigenvalue weighted by molar-refractivity contribution is 6.01. The fourth-order valence-corrected chi connectivity index (χ4v) is 2.20. The average molecular weight is 266 g/mol. The van der Waals surface area contributed by atoms with E-state index in [1.165, 1.54) is 12.1 Å². The summed E-state index contributed by atoms with van der Waals surface area (Å²) in [5.74, 6) is -2.57. The van der Waals surface area contributed by atoms with Crippen molar-refractivity contribution in [2.75, 3.05) is 25.5 Å². The fourth-order valence-electron chi connectivity index (χ4n) is 2.20. The molecular weight excluding hydrogens is 251 g/mol. The topological polar surface area (TPSA) is 69.6 Å². The minimum Gasteiger partial charge on any atom is -0.478 e. The summed E-state index contributed by atoms with van der Waals surface area (Å²) in [7, 11) is 1.90. The zero-order valence-electron chi connectivity index (χ0n) is 10.5. The summed E-state index contributed by atoms with van der Waals surface area (Å²) in [5, 5.41) is 11.4. The van der Waals surface area contributed by atoms with Gasteiger partial charge >= 0.3 is 5.97 Å². The van der Waals surface area contributed by atoms with E-state index in [-0.39, 0.29) is 23.1 Å². The second-order valence-electron chi connectivity index (χ2n) is 4.70. The number of anilines is 1. The Balaban J connectivity index is 2.19. The fraction of sp³-hybridized carbons (Fsp3) is 0.385. The Morgan fingerprint density at radius 1 is 1.47 bits per heavy atom. The molecule has 1 atom stereocenters. The molecule has 2 rings (SSSR count). The first kappa shape index (κ1) is 13.5. The molecule has 0 aliphatic carbocycles. The lowest BCUT2D eigenvalue weighted by atomic mass is 10.1. The van der Waals surface area contributed by atoms with Crippen LogP contribution in [0.25, 0.3) is 0 Å². The third kappa shape index (κ3) is 2.90. The number of nitrogens with zero attached hydrogens (tertiary/aromatic N) is 1. The largest absolute Gasteiger partial charge is 0.478 e. The molecule has 1 unspecified atom stereocenters. The molecule has 0 spiro atoms. The molecule has 1 heterocycles. The van der Waals surface area contributed by atoms with Crippen LogP contribution in [0.4, 0.5) is 10.1 Å². The van der Waals surface area contributed by atoms with E-state index in [0.29, 0.717) is 13.0 Å². The van der Waals surface area contributed by atoms with Crippen LogP contribution in [0.3, 0.4) is 0 Å². The summed E-state index contributed by atoms with van der Waals surface area (Å²) in [5.41, 5.74) is -0.491. The molecule has 2 N–H and O–H groups in total. The first-order valence-corrected chi connectivity index (χ1v) is 6.00. The molecule has 1 aromatic carbocycles. The Morgan fingerprint density at radius 3 is 2.79 bits per heavy atom. The van der Waals surface area contributed by atoms with Crippen molar-refractivity contribution in [2.45, 2.75) is 6.42 Å². The van der Waals surface area contributed by atoms with Crippen molar-refractivity contribution in [1.29, 1.82) is 0 Å². The molecule has 19 heavy (non-hydrogen) atoms. The molecule has 0 saturated carbocycles. The number of likely N-dealkylation sites (tertiary alicyclic amines) is 1. The Morgan fingerprint density at radius 2 is 2.21 bits per heavy atom. The van der Waals surface area contributed by atoms with Crippen LogP contribution in [0.2, 0.25) is 0 Å². The van der Waals surface area contributed by atoms with Gasteiger partial charge in [-0.25, -0.2) is 9.18 Å². The normalized spacial score (nSPS) is 19.4. The van der Waals surface area contributed by atoms with Crippen LogP contribution in [0.1, 0.15) is 16.8 Å². The third-order valence-electron chi connectivity index (χ3n) is 3.25. The van der Waals surface area contributed by atoms with E-state index in [1.54, 1.807) is 0 Å². The van der Waals surface area contributed by atoms with Gasteiger partial charge in [0.15, 0.2) is 0 Å². The molecule has 0 aromatic heterocycles. The standard InChI is InChI=1S/C13H15FN2O3/c1-16-6-5-8(7-16)12(17)15-11-9(13(18)19)3-2-4-10(11)14/h2-4,8H,5-7H2,1H3,(H,15,17)(H,18,19). The Labute approximate surface area is 110 Å². The van der Waals surface area contributed by atoms with Gasteiger partial charge in [-0.3, -0.25) is 4.79 Å². The number of hydrogen-bond acceptors (Lipinski definition) is 3. The zero-order valence-corrected chi connectivity index (χ0v) is 10.5. The Bertz CT molecular complexity index is 519. The summed E-state index contributed by atoms with van der Waals surface area (Å²) in [6.45, 7) is 1.41. The van der Waals surface area contributed by atoms with E-state index in [9.17, 15) is 14.0 Å². The minimum absolute atomic E-state index is 0.230. The first-order chi connectivity index (χ1) is 8.99. The first-order valence-electron chi connectivity index (χ1n) is 6.00. The number of carboxylic acid groups (broad SMARTS) is 1. The molecule has 0 radical (unpaired) electrons. The van der Waals surface area contributed by atoms with Crippen molar-refractivity contribution in [3.05, 3.63) is 29.6 Å². The highest BCUT2D eigenvalue weighted by atomic mass is 19.1. The van der Waals surface area contributed by atoms with Gasteiger partial charge in [0, 0.05) is 6.54 Å². The van der Waals surface area contributed by atoms with Crippen LogP contribution in [0.5, 0.6) is 0 Å². The SMILES string of the molecule is CN1CCC(C(=O)Nc2c(F)cccc2C(=O)O)C1. The van der Waals surface area contributed by atoms with Crippen LogP contribution in [0.15, 0.2) is 18.2 Å². The number of rotatable bonds is 3. The van der Waals surface area contributed by atoms with Gasteiger partial charge in [-0.05, 0) is 32.1 Å². The predicted octanol–water partition coefficient (Wildman–Crippen LogP) is 1.41. The third-order valence-corrected chi connectivity index (χ3v) is 3.25. The molecule has 1 aliphatic heterocycles. The molecule has 6 heteroatoms. The van der Waals surface area contributed by atoms with Gasteiger partial charge < -0.3 is 15.3 Å². The predicted molar refractivity (Wildman–Crippen MR) is 67.6 cm³/mol. The average Bonchev–Trinajstić information content (AvgIpc) is 2.78. The highest BCUT2D eigenvalue weighted by Gasteiger charge is 2.27. The molecular formula is C13H15FN2O3. The van der Waals surface area contributed by atoms with Crippen molar-refractivity contribution in [1.82, 2.24) is 4.90 Å². The lowest BCUT2D eigenvalue weighted by molar-refractivity contribution is -0.119. The number of amides is 1. The van der Waals surface area contributed by atoms with Crippen molar-refractivity contribution in [3.8, 4) is 0 Å². The highest BCUT2D eigenvalue weighted by Crippen LogP contribution is 2.22. The maximum absolute atomic E-state index is 13.6. The zero-order chi connectivity index (χ0) is 14.0. The van der Waals surface area contributed by atoms with Gasteiger partial charge in [-0.2, -0.15) is 0 Å². The van der Waals surface area contributed by atoms with Gasteiger partial charge in [0.1, 0.15) is 5.82 Å². The van der Waals surface area contributed by atoms with Gasteiger partial charge in [-0.15, -0.1) is 0 Å². The van der Waals surface area contributed by atoms with Crippen LogP contribution >= 0.6 is 0 Å². The van der Waals surface area contributed by atoms with E-state index < -0.39 is 11.8 Å². The van der Waals surface area contributed by atoms with E-state index >= 15 is 0 Å². The number of aromatic carboxylic acids is 1. The van der Waals surface area contributed by atoms with Crippen LogP contribution < -0.4 is 5.32 Å². The van der Waals surface area contributed by atoms with E-state index in [1.807, 2.05) is 11.9 Å². The molecule has 0 bridgehead atoms. The number of para-hydroxylation sites is 1. The van der Waals surface area contributed by atoms with Crippen LogP contribution in [-0.2, 0) is 4.79 Å². The minimum atomic E-state index is -1.27. The van der Waals surface area contributed by atoms with Crippen molar-refractivity contribution < 1.29 is 19.1 Å². The molecule has 1 aliphatic rings. The summed E-state index contributed by atoms with van der Waals surface area (Å²) in [6.07, 6.45) is 0.694. The number of carboxylic acids is 1. The Kier molecular flexibility index (Phi) is 3.80. The molecule has 102 valence electrons. The maximum atomic E-state index is 13.6. The number of halogens is 1. The summed E-state index contributed by atoms with van der Waals surface area (Å²) in [6, 6.07) is 3.70. The van der Waals surface area contributed by atoms with E-state index in [0.717, 1.165) is 12.6 Å². The van der Waals surface area contributed by atoms with Gasteiger partial charge in [0.2, 0.25) is 5.91 Å². The molecule has 1 aromatic rings. The van der Waals surface area contributed by atoms with E-state index in [2.05, 4.69) is 5.32 Å². The van der Waals surface area contributed by atoms with Crippen molar-refractivity contribution in [3.63, 3.8) is 0 Å². The lowest BCUT2D eigenvalue weighted by Gasteiger charge is -2.13. The van der Waals surface area contributed by atoms with E-state index in [4.69, 9.17) is 5.11 Å². The van der Waals surface area contributed by atoms with Crippen LogP contribution in [-0.4, -0.2) is 42.0 Å². The second kappa shape index (κ2) is 5.36. The molecule has 1 fully saturated rings. The Hall–Kier alpha value is -1.95. The number of hydrogen-bond donors (Lipinski definition) is 2. The number of carbonyl (C=O) groups excluding carboxylic acids is 1. The van der Waals surface area contributed by atoms with Crippen LogP contribution in [0, 0.1) is 11.7 Å². The smallest absolute Gasteiger partial charge is 0.337 e. The van der Waals surface area contributed by atoms with Crippen molar-refractivity contribution in [2.24, 2.45) is 5.92 Å². The second-order valence-corrected chi connectivity index (χ2v) is 4.70. The summed E-state index contributed by atoms with van der Waals surface area (Å²) in [4.78, 5) is 25.0. The monoisotopic (exact) mass is 266 g/mol. The molecule has 1 amide bonds. The number of benzene rings is 1. The summed E-state index contributed by atoms with van der Waals surface area (Å²) >= 11 is 0. The lowest BCUT2D eigenvalue weighted by Crippen LogP contribution is -2.26. The molecule has 1 saturated heterocycles.